The van der Waals surface area contributed by atoms with Gasteiger partial charge in [0.15, 0.2) is 0 Å². The van der Waals surface area contributed by atoms with Crippen LogP contribution in [0.5, 0.6) is 0 Å². The SMILES string of the molecule is O=C(Cc1ccc([N+](=O)[O-])cc1)N1CC[NH+](Cc2nc3ccccc3s2)CC1. The van der Waals surface area contributed by atoms with E-state index in [0.29, 0.717) is 0 Å². The third-order valence-corrected chi connectivity index (χ3v) is 6.10. The van der Waals surface area contributed by atoms with Crippen LogP contribution in [-0.2, 0) is 17.8 Å². The number of rotatable bonds is 5. The second-order valence-corrected chi connectivity index (χ2v) is 8.10. The zero-order chi connectivity index (χ0) is 19.5. The van der Waals surface area contributed by atoms with Crippen LogP contribution in [0.15, 0.2) is 48.5 Å². The number of aromatic nitrogens is 1. The van der Waals surface area contributed by atoms with Gasteiger partial charge in [0, 0.05) is 12.1 Å². The van der Waals surface area contributed by atoms with Crippen molar-refractivity contribution in [1.29, 1.82) is 0 Å². The zero-order valence-corrected chi connectivity index (χ0v) is 16.2. The first-order valence-electron chi connectivity index (χ1n) is 9.27. The number of nitro groups is 1. The number of nitrogens with one attached hydrogen (secondary N) is 1. The molecule has 144 valence electrons. The zero-order valence-electron chi connectivity index (χ0n) is 15.3. The van der Waals surface area contributed by atoms with Gasteiger partial charge in [0.05, 0.1) is 47.7 Å². The van der Waals surface area contributed by atoms with E-state index in [1.165, 1.54) is 21.7 Å². The summed E-state index contributed by atoms with van der Waals surface area (Å²) in [7, 11) is 0. The van der Waals surface area contributed by atoms with Crippen LogP contribution in [0.3, 0.4) is 0 Å². The molecule has 1 saturated heterocycles. The first-order chi connectivity index (χ1) is 13.6. The second-order valence-electron chi connectivity index (χ2n) is 6.98. The molecule has 2 heterocycles. The van der Waals surface area contributed by atoms with Gasteiger partial charge in [-0.2, -0.15) is 0 Å². The second kappa shape index (κ2) is 8.04. The van der Waals surface area contributed by atoms with E-state index in [9.17, 15) is 14.9 Å². The van der Waals surface area contributed by atoms with Crippen molar-refractivity contribution < 1.29 is 14.6 Å². The Labute approximate surface area is 166 Å². The molecule has 1 aliphatic heterocycles. The summed E-state index contributed by atoms with van der Waals surface area (Å²) in [5.41, 5.74) is 1.90. The summed E-state index contributed by atoms with van der Waals surface area (Å²) in [6.45, 7) is 4.16. The Kier molecular flexibility index (Phi) is 5.31. The molecule has 0 spiro atoms. The van der Waals surface area contributed by atoms with E-state index in [-0.39, 0.29) is 18.0 Å². The van der Waals surface area contributed by atoms with Crippen LogP contribution >= 0.6 is 11.3 Å². The molecule has 1 fully saturated rings. The Morgan fingerprint density at radius 1 is 1.14 bits per heavy atom. The number of hydrogen-bond donors (Lipinski definition) is 1. The highest BCUT2D eigenvalue weighted by atomic mass is 32.1. The van der Waals surface area contributed by atoms with Crippen LogP contribution in [0.2, 0.25) is 0 Å². The maximum Gasteiger partial charge on any atom is 0.269 e. The fourth-order valence-corrected chi connectivity index (χ4v) is 4.52. The van der Waals surface area contributed by atoms with Crippen molar-refractivity contribution in [2.75, 3.05) is 26.2 Å². The van der Waals surface area contributed by atoms with Crippen LogP contribution in [0.1, 0.15) is 10.6 Å². The highest BCUT2D eigenvalue weighted by Gasteiger charge is 2.24. The largest absolute Gasteiger partial charge is 0.331 e. The number of amides is 1. The van der Waals surface area contributed by atoms with Crippen LogP contribution in [0.4, 0.5) is 5.69 Å². The van der Waals surface area contributed by atoms with Gasteiger partial charge in [-0.15, -0.1) is 11.3 Å². The van der Waals surface area contributed by atoms with Gasteiger partial charge in [0.1, 0.15) is 11.6 Å². The number of carbonyl (C=O) groups excluding carboxylic acids is 1. The third-order valence-electron chi connectivity index (χ3n) is 5.07. The maximum absolute atomic E-state index is 12.5. The van der Waals surface area contributed by atoms with Gasteiger partial charge >= 0.3 is 0 Å². The number of non-ortho nitro benzene ring substituents is 1. The number of benzene rings is 2. The van der Waals surface area contributed by atoms with Gasteiger partial charge in [0.25, 0.3) is 5.69 Å². The van der Waals surface area contributed by atoms with E-state index < -0.39 is 4.92 Å². The lowest BCUT2D eigenvalue weighted by Crippen LogP contribution is -3.13. The summed E-state index contributed by atoms with van der Waals surface area (Å²) in [6, 6.07) is 14.4. The molecule has 1 N–H and O–H groups in total. The first kappa shape index (κ1) is 18.5. The molecule has 0 aliphatic carbocycles. The molecule has 0 unspecified atom stereocenters. The molecule has 4 rings (SSSR count). The number of thiazole rings is 1. The summed E-state index contributed by atoms with van der Waals surface area (Å²) in [4.78, 5) is 30.9. The minimum Gasteiger partial charge on any atom is -0.331 e. The summed E-state index contributed by atoms with van der Waals surface area (Å²) in [6.07, 6.45) is 0.283. The van der Waals surface area contributed by atoms with Gasteiger partial charge in [-0.1, -0.05) is 24.3 Å². The number of nitrogens with zero attached hydrogens (tertiary/aromatic N) is 3. The van der Waals surface area contributed by atoms with E-state index in [1.54, 1.807) is 23.5 Å². The highest BCUT2D eigenvalue weighted by Crippen LogP contribution is 2.20. The monoisotopic (exact) mass is 397 g/mol. The number of fused-ring (bicyclic) bond motifs is 1. The van der Waals surface area contributed by atoms with Crippen molar-refractivity contribution in [2.24, 2.45) is 0 Å². The average molecular weight is 397 g/mol. The Morgan fingerprint density at radius 3 is 2.54 bits per heavy atom. The Hall–Kier alpha value is -2.84. The fourth-order valence-electron chi connectivity index (χ4n) is 3.48. The van der Waals surface area contributed by atoms with Crippen molar-refractivity contribution >= 4 is 33.1 Å². The smallest absolute Gasteiger partial charge is 0.269 e. The highest BCUT2D eigenvalue weighted by molar-refractivity contribution is 7.18. The molecule has 2 aromatic carbocycles. The number of hydrogen-bond acceptors (Lipinski definition) is 5. The molecule has 3 aromatic rings. The van der Waals surface area contributed by atoms with Crippen molar-refractivity contribution in [1.82, 2.24) is 9.88 Å². The molecular weight excluding hydrogens is 376 g/mol. The first-order valence-corrected chi connectivity index (χ1v) is 10.1. The summed E-state index contributed by atoms with van der Waals surface area (Å²) in [5, 5.41) is 11.9. The van der Waals surface area contributed by atoms with E-state index >= 15 is 0 Å². The standard InChI is InChI=1S/C20H20N4O3S/c25-20(13-15-5-7-16(8-6-15)24(26)27)23-11-9-22(10-12-23)14-19-21-17-3-1-2-4-18(17)28-19/h1-8H,9-14H2/p+1. The Bertz CT molecular complexity index is 961. The van der Waals surface area contributed by atoms with Gasteiger partial charge in [-0.25, -0.2) is 4.98 Å². The normalized spacial score (nSPS) is 15.1. The van der Waals surface area contributed by atoms with Crippen LogP contribution in [0.25, 0.3) is 10.2 Å². The van der Waals surface area contributed by atoms with Crippen molar-refractivity contribution in [2.45, 2.75) is 13.0 Å². The summed E-state index contributed by atoms with van der Waals surface area (Å²) >= 11 is 1.74. The minimum absolute atomic E-state index is 0.0447. The molecule has 0 saturated carbocycles. The van der Waals surface area contributed by atoms with Crippen molar-refractivity contribution in [3.63, 3.8) is 0 Å². The number of nitro benzene ring substituents is 1. The lowest BCUT2D eigenvalue weighted by molar-refractivity contribution is -0.917. The predicted octanol–water partition coefficient (Wildman–Crippen LogP) is 1.67. The van der Waals surface area contributed by atoms with Gasteiger partial charge in [-0.05, 0) is 17.7 Å². The lowest BCUT2D eigenvalue weighted by Gasteiger charge is -2.32. The number of carbonyl (C=O) groups is 1. The third kappa shape index (κ3) is 4.18. The van der Waals surface area contributed by atoms with E-state index in [4.69, 9.17) is 4.98 Å². The van der Waals surface area contributed by atoms with Crippen molar-refractivity contribution in [3.8, 4) is 0 Å². The maximum atomic E-state index is 12.5. The molecule has 8 heteroatoms. The molecule has 1 amide bonds. The van der Waals surface area contributed by atoms with E-state index in [0.717, 1.165) is 48.8 Å². The molecule has 0 atom stereocenters. The van der Waals surface area contributed by atoms with Crippen LogP contribution in [0, 0.1) is 10.1 Å². The molecule has 1 aliphatic rings. The van der Waals surface area contributed by atoms with Gasteiger partial charge in [-0.3, -0.25) is 14.9 Å². The lowest BCUT2D eigenvalue weighted by atomic mass is 10.1. The number of piperazine rings is 1. The Balaban J connectivity index is 1.29. The molecule has 1 aromatic heterocycles. The number of quaternary nitrogens is 1. The van der Waals surface area contributed by atoms with Crippen molar-refractivity contribution in [3.05, 3.63) is 69.2 Å². The molecular formula is C20H21N4O3S+. The molecule has 28 heavy (non-hydrogen) atoms. The Morgan fingerprint density at radius 2 is 1.86 bits per heavy atom. The quantitative estimate of drug-likeness (QED) is 0.525. The number of para-hydroxylation sites is 1. The van der Waals surface area contributed by atoms with Gasteiger partial charge in [0.2, 0.25) is 5.91 Å². The average Bonchev–Trinajstić information content (AvgIpc) is 3.11. The molecule has 0 bridgehead atoms. The van der Waals surface area contributed by atoms with E-state index in [2.05, 4.69) is 6.07 Å². The summed E-state index contributed by atoms with van der Waals surface area (Å²) < 4.78 is 1.22. The molecule has 0 radical (unpaired) electrons. The van der Waals surface area contributed by atoms with Crippen LogP contribution < -0.4 is 4.90 Å². The van der Waals surface area contributed by atoms with Crippen LogP contribution in [-0.4, -0.2) is 46.9 Å². The fraction of sp³-hybridized carbons (Fsp3) is 0.300. The minimum atomic E-state index is -0.432. The topological polar surface area (TPSA) is 80.8 Å². The molecule has 7 nitrogen and oxygen atoms in total. The van der Waals surface area contributed by atoms with E-state index in [1.807, 2.05) is 23.1 Å². The predicted molar refractivity (Wildman–Crippen MR) is 107 cm³/mol. The van der Waals surface area contributed by atoms with Gasteiger partial charge < -0.3 is 9.80 Å². The summed E-state index contributed by atoms with van der Waals surface area (Å²) in [5.74, 6) is 0.0768.